The van der Waals surface area contributed by atoms with E-state index in [1.807, 2.05) is 29.2 Å². The molecule has 1 atom stereocenters. The number of aromatic nitrogens is 1. The normalized spacial score (nSPS) is 17.4. The number of hydrogen-bond acceptors (Lipinski definition) is 2. The minimum absolute atomic E-state index is 0.109. The van der Waals surface area contributed by atoms with Gasteiger partial charge < -0.3 is 14.2 Å². The predicted octanol–water partition coefficient (Wildman–Crippen LogP) is 3.24. The Kier molecular flexibility index (Phi) is 4.29. The van der Waals surface area contributed by atoms with E-state index in [9.17, 15) is 4.79 Å². The maximum Gasteiger partial charge on any atom is 0.254 e. The number of fused-ring (bicyclic) bond motifs is 1. The highest BCUT2D eigenvalue weighted by molar-refractivity contribution is 5.94. The fourth-order valence-electron chi connectivity index (χ4n) is 3.26. The Morgan fingerprint density at radius 1 is 1.27 bits per heavy atom. The molecule has 0 spiro atoms. The molecule has 0 aliphatic carbocycles. The average molecular weight is 298 g/mol. The van der Waals surface area contributed by atoms with Crippen LogP contribution < -0.4 is 0 Å². The molecule has 4 heteroatoms. The molecule has 1 aromatic heterocycles. The van der Waals surface area contributed by atoms with Gasteiger partial charge in [0, 0.05) is 37.7 Å². The Morgan fingerprint density at radius 2 is 2.14 bits per heavy atom. The molecule has 0 fully saturated rings. The molecule has 3 rings (SSSR count). The molecule has 1 aromatic carbocycles. The lowest BCUT2D eigenvalue weighted by Crippen LogP contribution is -2.41. The summed E-state index contributed by atoms with van der Waals surface area (Å²) in [4.78, 5) is 14.9. The van der Waals surface area contributed by atoms with Crippen molar-refractivity contribution in [3.63, 3.8) is 0 Å². The number of nitrogens with zero attached hydrogens (tertiary/aromatic N) is 2. The molecular weight excluding hydrogens is 276 g/mol. The highest BCUT2D eigenvalue weighted by atomic mass is 16.5. The van der Waals surface area contributed by atoms with E-state index < -0.39 is 0 Å². The van der Waals surface area contributed by atoms with Crippen LogP contribution in [0, 0.1) is 0 Å². The Balaban J connectivity index is 1.87. The van der Waals surface area contributed by atoms with Gasteiger partial charge in [-0.1, -0.05) is 19.1 Å². The Labute approximate surface area is 131 Å². The summed E-state index contributed by atoms with van der Waals surface area (Å²) >= 11 is 0. The van der Waals surface area contributed by atoms with Crippen LogP contribution in [0.2, 0.25) is 0 Å². The number of benzene rings is 1. The second kappa shape index (κ2) is 6.36. The maximum absolute atomic E-state index is 12.9. The summed E-state index contributed by atoms with van der Waals surface area (Å²) in [5.74, 6) is 0.109. The molecular formula is C18H22N2O2. The largest absolute Gasteiger partial charge is 0.380 e. The van der Waals surface area contributed by atoms with Crippen LogP contribution in [0.5, 0.6) is 0 Å². The van der Waals surface area contributed by atoms with Crippen LogP contribution >= 0.6 is 0 Å². The van der Waals surface area contributed by atoms with Crippen LogP contribution in [-0.4, -0.2) is 29.0 Å². The highest BCUT2D eigenvalue weighted by Crippen LogP contribution is 2.30. The summed E-state index contributed by atoms with van der Waals surface area (Å²) in [6.45, 7) is 4.28. The van der Waals surface area contributed by atoms with Crippen molar-refractivity contribution in [2.75, 3.05) is 13.7 Å². The topological polar surface area (TPSA) is 34.5 Å². The first-order valence-electron chi connectivity index (χ1n) is 7.78. The number of carbonyl (C=O) groups excluding carboxylic acids is 1. The molecule has 0 radical (unpaired) electrons. The van der Waals surface area contributed by atoms with Crippen LogP contribution in [0.25, 0.3) is 0 Å². The van der Waals surface area contributed by atoms with E-state index >= 15 is 0 Å². The molecule has 1 amide bonds. The molecule has 1 aliphatic heterocycles. The van der Waals surface area contributed by atoms with Gasteiger partial charge in [-0.05, 0) is 36.2 Å². The molecule has 0 unspecified atom stereocenters. The van der Waals surface area contributed by atoms with Gasteiger partial charge in [-0.15, -0.1) is 0 Å². The van der Waals surface area contributed by atoms with Crippen LogP contribution in [0.4, 0.5) is 0 Å². The second-order valence-corrected chi connectivity index (χ2v) is 5.68. The van der Waals surface area contributed by atoms with Gasteiger partial charge in [0.15, 0.2) is 0 Å². The Hall–Kier alpha value is -2.07. The molecule has 1 aliphatic rings. The van der Waals surface area contributed by atoms with Gasteiger partial charge in [-0.2, -0.15) is 0 Å². The monoisotopic (exact) mass is 298 g/mol. The first kappa shape index (κ1) is 14.9. The molecule has 0 saturated carbocycles. The van der Waals surface area contributed by atoms with Gasteiger partial charge in [0.2, 0.25) is 0 Å². The maximum atomic E-state index is 12.9. The van der Waals surface area contributed by atoms with E-state index in [2.05, 4.69) is 29.8 Å². The first-order valence-corrected chi connectivity index (χ1v) is 7.78. The van der Waals surface area contributed by atoms with Gasteiger partial charge in [0.1, 0.15) is 0 Å². The Morgan fingerprint density at radius 3 is 2.91 bits per heavy atom. The SMILES string of the molecule is CC[C@@H]1c2cccn2CCN1C(=O)c1cccc(COC)c1. The van der Waals surface area contributed by atoms with E-state index in [1.165, 1.54) is 5.69 Å². The van der Waals surface area contributed by atoms with E-state index in [0.717, 1.165) is 30.6 Å². The smallest absolute Gasteiger partial charge is 0.254 e. The fraction of sp³-hybridized carbons (Fsp3) is 0.389. The zero-order valence-corrected chi connectivity index (χ0v) is 13.2. The summed E-state index contributed by atoms with van der Waals surface area (Å²) in [5.41, 5.74) is 3.00. The van der Waals surface area contributed by atoms with Crippen molar-refractivity contribution >= 4 is 5.91 Å². The number of amides is 1. The fourth-order valence-corrected chi connectivity index (χ4v) is 3.26. The quantitative estimate of drug-likeness (QED) is 0.868. The summed E-state index contributed by atoms with van der Waals surface area (Å²) in [6, 6.07) is 12.1. The van der Waals surface area contributed by atoms with Crippen LogP contribution in [0.3, 0.4) is 0 Å². The minimum atomic E-state index is 0.109. The van der Waals surface area contributed by atoms with Crippen molar-refractivity contribution in [1.29, 1.82) is 0 Å². The van der Waals surface area contributed by atoms with Gasteiger partial charge in [-0.3, -0.25) is 4.79 Å². The summed E-state index contributed by atoms with van der Waals surface area (Å²) in [6.07, 6.45) is 3.02. The molecule has 0 N–H and O–H groups in total. The van der Waals surface area contributed by atoms with E-state index in [1.54, 1.807) is 7.11 Å². The molecule has 2 heterocycles. The summed E-state index contributed by atoms with van der Waals surface area (Å²) in [5, 5.41) is 0. The third kappa shape index (κ3) is 2.66. The van der Waals surface area contributed by atoms with Crippen molar-refractivity contribution in [3.05, 3.63) is 59.4 Å². The van der Waals surface area contributed by atoms with Crippen LogP contribution in [0.1, 0.15) is 41.0 Å². The lowest BCUT2D eigenvalue weighted by molar-refractivity contribution is 0.0617. The zero-order valence-electron chi connectivity index (χ0n) is 13.2. The molecule has 4 nitrogen and oxygen atoms in total. The second-order valence-electron chi connectivity index (χ2n) is 5.68. The van der Waals surface area contributed by atoms with E-state index in [-0.39, 0.29) is 11.9 Å². The highest BCUT2D eigenvalue weighted by Gasteiger charge is 2.30. The third-order valence-corrected chi connectivity index (χ3v) is 4.30. The lowest BCUT2D eigenvalue weighted by atomic mass is 10.0. The molecule has 0 saturated heterocycles. The van der Waals surface area contributed by atoms with Crippen molar-refractivity contribution in [2.24, 2.45) is 0 Å². The van der Waals surface area contributed by atoms with Gasteiger partial charge in [-0.25, -0.2) is 0 Å². The summed E-state index contributed by atoms with van der Waals surface area (Å²) in [7, 11) is 1.67. The molecule has 116 valence electrons. The van der Waals surface area contributed by atoms with E-state index in [0.29, 0.717) is 6.61 Å². The van der Waals surface area contributed by atoms with E-state index in [4.69, 9.17) is 4.74 Å². The van der Waals surface area contributed by atoms with Crippen molar-refractivity contribution in [2.45, 2.75) is 32.5 Å². The summed E-state index contributed by atoms with van der Waals surface area (Å²) < 4.78 is 7.41. The van der Waals surface area contributed by atoms with Crippen LogP contribution in [-0.2, 0) is 17.9 Å². The van der Waals surface area contributed by atoms with Gasteiger partial charge >= 0.3 is 0 Å². The number of rotatable bonds is 4. The Bertz CT molecular complexity index is 663. The van der Waals surface area contributed by atoms with Gasteiger partial charge in [0.25, 0.3) is 5.91 Å². The zero-order chi connectivity index (χ0) is 15.5. The average Bonchev–Trinajstić information content (AvgIpc) is 3.02. The molecule has 0 bridgehead atoms. The van der Waals surface area contributed by atoms with Crippen molar-refractivity contribution < 1.29 is 9.53 Å². The molecule has 2 aromatic rings. The number of hydrogen-bond donors (Lipinski definition) is 0. The third-order valence-electron chi connectivity index (χ3n) is 4.30. The minimum Gasteiger partial charge on any atom is -0.380 e. The van der Waals surface area contributed by atoms with Gasteiger partial charge in [0.05, 0.1) is 12.6 Å². The van der Waals surface area contributed by atoms with Crippen LogP contribution in [0.15, 0.2) is 42.6 Å². The predicted molar refractivity (Wildman–Crippen MR) is 85.7 cm³/mol. The van der Waals surface area contributed by atoms with Crippen molar-refractivity contribution in [1.82, 2.24) is 9.47 Å². The standard InChI is InChI=1S/C18H22N2O2/c1-3-16-17-8-5-9-19(17)10-11-20(16)18(21)15-7-4-6-14(12-15)13-22-2/h4-9,12,16H,3,10-11,13H2,1-2H3/t16-/m1/s1. The number of carbonyl (C=O) groups is 1. The number of ether oxygens (including phenoxy) is 1. The number of methoxy groups -OCH3 is 1. The lowest BCUT2D eigenvalue weighted by Gasteiger charge is -2.36. The first-order chi connectivity index (χ1) is 10.7. The molecule has 22 heavy (non-hydrogen) atoms. The van der Waals surface area contributed by atoms with Crippen molar-refractivity contribution in [3.8, 4) is 0 Å².